The molecular weight excluding hydrogens is 328 g/mol. The van der Waals surface area contributed by atoms with E-state index in [-0.39, 0.29) is 17.6 Å². The summed E-state index contributed by atoms with van der Waals surface area (Å²) in [5.74, 6) is -1.28. The second-order valence-electron chi connectivity index (χ2n) is 5.74. The SMILES string of the molecule is CCOc1nc2ccc(F)c(F)c2n1-c1cccc2c1OC[C@H]2NC. The molecule has 1 aromatic heterocycles. The van der Waals surface area contributed by atoms with Crippen LogP contribution in [0.5, 0.6) is 11.8 Å². The van der Waals surface area contributed by atoms with E-state index in [1.165, 1.54) is 10.6 Å². The third-order valence-electron chi connectivity index (χ3n) is 4.34. The molecule has 0 unspecified atom stereocenters. The summed E-state index contributed by atoms with van der Waals surface area (Å²) < 4.78 is 41.3. The van der Waals surface area contributed by atoms with Crippen molar-refractivity contribution >= 4 is 11.0 Å². The minimum atomic E-state index is -0.961. The number of hydrogen-bond donors (Lipinski definition) is 1. The van der Waals surface area contributed by atoms with Crippen LogP contribution in [0.2, 0.25) is 0 Å². The fourth-order valence-electron chi connectivity index (χ4n) is 3.18. The number of para-hydroxylation sites is 1. The number of imidazole rings is 1. The zero-order valence-electron chi connectivity index (χ0n) is 13.8. The first-order chi connectivity index (χ1) is 12.2. The highest BCUT2D eigenvalue weighted by atomic mass is 19.2. The summed E-state index contributed by atoms with van der Waals surface area (Å²) in [6.07, 6.45) is 0. The number of aromatic nitrogens is 2. The number of rotatable bonds is 4. The van der Waals surface area contributed by atoms with Gasteiger partial charge in [0.15, 0.2) is 11.6 Å². The van der Waals surface area contributed by atoms with Gasteiger partial charge in [0, 0.05) is 5.56 Å². The van der Waals surface area contributed by atoms with Crippen LogP contribution in [0.1, 0.15) is 18.5 Å². The molecule has 0 aliphatic carbocycles. The van der Waals surface area contributed by atoms with Crippen LogP contribution in [-0.4, -0.2) is 29.8 Å². The predicted octanol–water partition coefficient (Wildman–Crippen LogP) is 3.36. The Morgan fingerprint density at radius 3 is 2.92 bits per heavy atom. The Bertz CT molecular complexity index is 955. The van der Waals surface area contributed by atoms with Gasteiger partial charge in [0.1, 0.15) is 17.9 Å². The first-order valence-electron chi connectivity index (χ1n) is 8.08. The van der Waals surface area contributed by atoms with Gasteiger partial charge in [-0.25, -0.2) is 8.78 Å². The molecule has 0 fully saturated rings. The van der Waals surface area contributed by atoms with Gasteiger partial charge in [0.25, 0.3) is 0 Å². The van der Waals surface area contributed by atoms with Crippen LogP contribution < -0.4 is 14.8 Å². The minimum absolute atomic E-state index is 0.0355. The summed E-state index contributed by atoms with van der Waals surface area (Å²) in [6.45, 7) is 2.63. The number of likely N-dealkylation sites (N-methyl/N-ethyl adjacent to an activating group) is 1. The molecule has 2 heterocycles. The molecule has 0 spiro atoms. The van der Waals surface area contributed by atoms with E-state index in [0.29, 0.717) is 30.2 Å². The highest BCUT2D eigenvalue weighted by Crippen LogP contribution is 2.40. The van der Waals surface area contributed by atoms with Gasteiger partial charge in [-0.05, 0) is 32.2 Å². The largest absolute Gasteiger partial charge is 0.489 e. The van der Waals surface area contributed by atoms with Crippen molar-refractivity contribution < 1.29 is 18.3 Å². The van der Waals surface area contributed by atoms with Gasteiger partial charge in [0.2, 0.25) is 0 Å². The standard InChI is InChI=1S/C18H17F2N3O2/c1-3-24-18-22-12-8-7-11(19)15(20)16(12)23(18)14-6-4-5-10-13(21-2)9-25-17(10)14/h4-8,13,21H,3,9H2,1-2H3/t13-/m1/s1. The Morgan fingerprint density at radius 1 is 1.32 bits per heavy atom. The Kier molecular flexibility index (Phi) is 3.80. The highest BCUT2D eigenvalue weighted by Gasteiger charge is 2.28. The van der Waals surface area contributed by atoms with Gasteiger partial charge < -0.3 is 14.8 Å². The lowest BCUT2D eigenvalue weighted by atomic mass is 10.1. The van der Waals surface area contributed by atoms with Crippen molar-refractivity contribution in [1.29, 1.82) is 0 Å². The van der Waals surface area contributed by atoms with Crippen molar-refractivity contribution in [2.45, 2.75) is 13.0 Å². The number of hydrogen-bond acceptors (Lipinski definition) is 4. The number of halogens is 2. The van der Waals surface area contributed by atoms with E-state index in [4.69, 9.17) is 9.47 Å². The summed E-state index contributed by atoms with van der Waals surface area (Å²) in [5.41, 5.74) is 1.89. The van der Waals surface area contributed by atoms with Crippen LogP contribution in [-0.2, 0) is 0 Å². The average molecular weight is 345 g/mol. The Labute approximate surface area is 143 Å². The Balaban J connectivity index is 2.03. The molecule has 25 heavy (non-hydrogen) atoms. The minimum Gasteiger partial charge on any atom is -0.489 e. The van der Waals surface area contributed by atoms with Crippen LogP contribution in [0, 0.1) is 11.6 Å². The average Bonchev–Trinajstić information content (AvgIpc) is 3.20. The van der Waals surface area contributed by atoms with Crippen LogP contribution >= 0.6 is 0 Å². The van der Waals surface area contributed by atoms with E-state index < -0.39 is 11.6 Å². The number of fused-ring (bicyclic) bond motifs is 2. The molecule has 0 bridgehead atoms. The van der Waals surface area contributed by atoms with Gasteiger partial charge >= 0.3 is 6.01 Å². The zero-order valence-corrected chi connectivity index (χ0v) is 13.8. The van der Waals surface area contributed by atoms with Crippen molar-refractivity contribution in [3.05, 3.63) is 47.5 Å². The lowest BCUT2D eigenvalue weighted by Crippen LogP contribution is -2.16. The molecular formula is C18H17F2N3O2. The van der Waals surface area contributed by atoms with E-state index >= 15 is 0 Å². The number of nitrogens with one attached hydrogen (secondary N) is 1. The summed E-state index contributed by atoms with van der Waals surface area (Å²) in [5, 5.41) is 3.17. The van der Waals surface area contributed by atoms with Crippen molar-refractivity contribution in [3.8, 4) is 17.4 Å². The lowest BCUT2D eigenvalue weighted by molar-refractivity contribution is 0.303. The molecule has 4 rings (SSSR count). The molecule has 5 nitrogen and oxygen atoms in total. The molecule has 3 aromatic rings. The number of nitrogens with zero attached hydrogens (tertiary/aromatic N) is 2. The summed E-state index contributed by atoms with van der Waals surface area (Å²) in [6, 6.07) is 8.33. The highest BCUT2D eigenvalue weighted by molar-refractivity contribution is 5.81. The lowest BCUT2D eigenvalue weighted by Gasteiger charge is -2.13. The Hall–Kier alpha value is -2.67. The molecule has 1 N–H and O–H groups in total. The fourth-order valence-corrected chi connectivity index (χ4v) is 3.18. The topological polar surface area (TPSA) is 48.3 Å². The molecule has 0 saturated heterocycles. The van der Waals surface area contributed by atoms with E-state index in [0.717, 1.165) is 11.6 Å². The first kappa shape index (κ1) is 15.8. The van der Waals surface area contributed by atoms with Gasteiger partial charge in [0.05, 0.1) is 23.9 Å². The third-order valence-corrected chi connectivity index (χ3v) is 4.34. The second-order valence-corrected chi connectivity index (χ2v) is 5.74. The maximum Gasteiger partial charge on any atom is 0.302 e. The van der Waals surface area contributed by atoms with Crippen molar-refractivity contribution in [2.24, 2.45) is 0 Å². The molecule has 2 aromatic carbocycles. The van der Waals surface area contributed by atoms with E-state index in [9.17, 15) is 8.78 Å². The maximum absolute atomic E-state index is 14.5. The van der Waals surface area contributed by atoms with Gasteiger partial charge in [-0.2, -0.15) is 4.98 Å². The molecule has 1 aliphatic rings. The van der Waals surface area contributed by atoms with Crippen LogP contribution in [0.3, 0.4) is 0 Å². The predicted molar refractivity (Wildman–Crippen MR) is 89.5 cm³/mol. The van der Waals surface area contributed by atoms with Gasteiger partial charge in [-0.3, -0.25) is 4.57 Å². The molecule has 0 saturated carbocycles. The molecule has 1 aliphatic heterocycles. The first-order valence-corrected chi connectivity index (χ1v) is 8.08. The van der Waals surface area contributed by atoms with Crippen LogP contribution in [0.15, 0.2) is 30.3 Å². The molecule has 0 amide bonds. The number of benzene rings is 2. The van der Waals surface area contributed by atoms with E-state index in [1.54, 1.807) is 6.07 Å². The summed E-state index contributed by atoms with van der Waals surface area (Å²) in [4.78, 5) is 4.31. The van der Waals surface area contributed by atoms with Crippen molar-refractivity contribution in [3.63, 3.8) is 0 Å². The summed E-state index contributed by atoms with van der Waals surface area (Å²) >= 11 is 0. The van der Waals surface area contributed by atoms with Gasteiger partial charge in [-0.15, -0.1) is 0 Å². The molecule has 7 heteroatoms. The molecule has 0 radical (unpaired) electrons. The zero-order chi connectivity index (χ0) is 17.6. The van der Waals surface area contributed by atoms with Crippen LogP contribution in [0.25, 0.3) is 16.7 Å². The molecule has 1 atom stereocenters. The smallest absolute Gasteiger partial charge is 0.302 e. The Morgan fingerprint density at radius 2 is 2.16 bits per heavy atom. The number of ether oxygens (including phenoxy) is 2. The quantitative estimate of drug-likeness (QED) is 0.788. The van der Waals surface area contributed by atoms with E-state index in [1.807, 2.05) is 26.1 Å². The maximum atomic E-state index is 14.5. The fraction of sp³-hybridized carbons (Fsp3) is 0.278. The van der Waals surface area contributed by atoms with E-state index in [2.05, 4.69) is 10.3 Å². The third kappa shape index (κ3) is 2.34. The van der Waals surface area contributed by atoms with Crippen molar-refractivity contribution in [2.75, 3.05) is 20.3 Å². The van der Waals surface area contributed by atoms with Crippen LogP contribution in [0.4, 0.5) is 8.78 Å². The van der Waals surface area contributed by atoms with Crippen molar-refractivity contribution in [1.82, 2.24) is 14.9 Å². The van der Waals surface area contributed by atoms with Gasteiger partial charge in [-0.1, -0.05) is 12.1 Å². The monoisotopic (exact) mass is 345 g/mol. The normalized spacial score (nSPS) is 16.1. The second kappa shape index (κ2) is 6.00. The summed E-state index contributed by atoms with van der Waals surface area (Å²) in [7, 11) is 1.85. The molecule has 130 valence electrons.